The van der Waals surface area contributed by atoms with E-state index in [0.29, 0.717) is 25.7 Å². The predicted octanol–water partition coefficient (Wildman–Crippen LogP) is 2.92. The first kappa shape index (κ1) is 21.9. The molecule has 1 aromatic heterocycles. The second kappa shape index (κ2) is 10.3. The molecule has 1 fully saturated rings. The molecule has 2 heterocycles. The number of alkyl halides is 3. The van der Waals surface area contributed by atoms with Gasteiger partial charge in [-0.3, -0.25) is 14.9 Å². The van der Waals surface area contributed by atoms with E-state index in [-0.39, 0.29) is 6.04 Å². The topological polar surface area (TPSA) is 61.8 Å². The monoisotopic (exact) mass is 421 g/mol. The van der Waals surface area contributed by atoms with E-state index in [4.69, 9.17) is 4.74 Å². The highest BCUT2D eigenvalue weighted by molar-refractivity contribution is 5.80. The molecule has 1 unspecified atom stereocenters. The number of hydrogen-bond donors (Lipinski definition) is 2. The Labute approximate surface area is 174 Å². The van der Waals surface area contributed by atoms with Crippen LogP contribution in [0.3, 0.4) is 0 Å². The summed E-state index contributed by atoms with van der Waals surface area (Å²) >= 11 is 0. The van der Waals surface area contributed by atoms with Gasteiger partial charge in [-0.05, 0) is 36.2 Å². The number of pyridine rings is 1. The highest BCUT2D eigenvalue weighted by atomic mass is 19.4. The molecule has 2 aromatic rings. The Bertz CT molecular complexity index is 812. The summed E-state index contributed by atoms with van der Waals surface area (Å²) in [4.78, 5) is 10.5. The Hall–Kier alpha value is -2.81. The Morgan fingerprint density at radius 2 is 2.07 bits per heavy atom. The van der Waals surface area contributed by atoms with Gasteiger partial charge in [0.05, 0.1) is 18.3 Å². The van der Waals surface area contributed by atoms with Crippen LogP contribution in [0.1, 0.15) is 17.5 Å². The number of aliphatic imine (C=N–C) groups is 1. The van der Waals surface area contributed by atoms with Crippen LogP contribution in [0.2, 0.25) is 0 Å². The molecule has 1 atom stereocenters. The summed E-state index contributed by atoms with van der Waals surface area (Å²) in [5.74, 6) is 1.42. The van der Waals surface area contributed by atoms with E-state index in [2.05, 4.69) is 25.5 Å². The highest BCUT2D eigenvalue weighted by Crippen LogP contribution is 2.29. The molecule has 162 valence electrons. The summed E-state index contributed by atoms with van der Waals surface area (Å²) in [5, 5.41) is 6.61. The summed E-state index contributed by atoms with van der Waals surface area (Å²) in [6.45, 7) is 3.38. The van der Waals surface area contributed by atoms with Crippen LogP contribution in [-0.2, 0) is 12.7 Å². The van der Waals surface area contributed by atoms with E-state index >= 15 is 0 Å². The van der Waals surface area contributed by atoms with E-state index in [0.717, 1.165) is 43.0 Å². The number of nitrogens with zero attached hydrogens (tertiary/aromatic N) is 3. The number of guanidine groups is 1. The van der Waals surface area contributed by atoms with Gasteiger partial charge in [0.2, 0.25) is 0 Å². The third-order valence-corrected chi connectivity index (χ3v) is 4.82. The van der Waals surface area contributed by atoms with Gasteiger partial charge >= 0.3 is 6.18 Å². The first-order valence-corrected chi connectivity index (χ1v) is 9.82. The molecule has 1 aromatic carbocycles. The van der Waals surface area contributed by atoms with Gasteiger partial charge in [-0.2, -0.15) is 13.2 Å². The molecular formula is C21H26F3N5O. The Balaban J connectivity index is 1.39. The third-order valence-electron chi connectivity index (χ3n) is 4.82. The smallest absolute Gasteiger partial charge is 0.416 e. The zero-order valence-corrected chi connectivity index (χ0v) is 16.8. The van der Waals surface area contributed by atoms with Gasteiger partial charge in [0.15, 0.2) is 5.96 Å². The van der Waals surface area contributed by atoms with Crippen LogP contribution in [-0.4, -0.2) is 55.2 Å². The number of ether oxygens (including phenoxy) is 1. The summed E-state index contributed by atoms with van der Waals surface area (Å²) in [7, 11) is 1.71. The summed E-state index contributed by atoms with van der Waals surface area (Å²) in [6, 6.07) is 9.27. The fourth-order valence-corrected chi connectivity index (χ4v) is 3.31. The zero-order valence-electron chi connectivity index (χ0n) is 16.8. The molecule has 30 heavy (non-hydrogen) atoms. The van der Waals surface area contributed by atoms with Gasteiger partial charge in [0.1, 0.15) is 12.4 Å². The van der Waals surface area contributed by atoms with Gasteiger partial charge < -0.3 is 15.4 Å². The molecule has 1 saturated heterocycles. The summed E-state index contributed by atoms with van der Waals surface area (Å²) in [5.41, 5.74) is 0.258. The Morgan fingerprint density at radius 3 is 2.73 bits per heavy atom. The largest absolute Gasteiger partial charge is 0.490 e. The predicted molar refractivity (Wildman–Crippen MR) is 109 cm³/mol. The molecule has 0 saturated carbocycles. The lowest BCUT2D eigenvalue weighted by Crippen LogP contribution is -2.45. The minimum atomic E-state index is -4.30. The lowest BCUT2D eigenvalue weighted by Gasteiger charge is -2.19. The lowest BCUT2D eigenvalue weighted by molar-refractivity contribution is -0.137. The van der Waals surface area contributed by atoms with E-state index in [1.165, 1.54) is 0 Å². The number of likely N-dealkylation sites (tertiary alicyclic amines) is 1. The van der Waals surface area contributed by atoms with Gasteiger partial charge in [0, 0.05) is 38.9 Å². The average molecular weight is 421 g/mol. The second-order valence-corrected chi connectivity index (χ2v) is 7.10. The van der Waals surface area contributed by atoms with Crippen LogP contribution < -0.4 is 15.4 Å². The number of aromatic nitrogens is 1. The van der Waals surface area contributed by atoms with Crippen molar-refractivity contribution in [3.63, 3.8) is 0 Å². The van der Waals surface area contributed by atoms with Crippen molar-refractivity contribution in [1.82, 2.24) is 20.5 Å². The van der Waals surface area contributed by atoms with E-state index < -0.39 is 11.7 Å². The molecule has 2 N–H and O–H groups in total. The van der Waals surface area contributed by atoms with Gasteiger partial charge in [-0.15, -0.1) is 0 Å². The van der Waals surface area contributed by atoms with Crippen molar-refractivity contribution in [2.75, 3.05) is 33.3 Å². The van der Waals surface area contributed by atoms with Crippen molar-refractivity contribution in [2.45, 2.75) is 25.2 Å². The van der Waals surface area contributed by atoms with Gasteiger partial charge in [0.25, 0.3) is 0 Å². The molecule has 0 aliphatic carbocycles. The van der Waals surface area contributed by atoms with Crippen molar-refractivity contribution in [3.05, 3.63) is 59.9 Å². The van der Waals surface area contributed by atoms with E-state index in [9.17, 15) is 13.2 Å². The minimum Gasteiger partial charge on any atom is -0.490 e. The standard InChI is InChI=1S/C21H26F3N5O/c1-25-20(27-10-12-30-19-3-2-9-26-13-19)28-18-8-11-29(15-18)14-16-4-6-17(7-5-16)21(22,23)24/h2-7,9,13,18H,8,10-12,14-15H2,1H3,(H2,25,27,28). The summed E-state index contributed by atoms with van der Waals surface area (Å²) < 4.78 is 43.6. The lowest BCUT2D eigenvalue weighted by atomic mass is 10.1. The quantitative estimate of drug-likeness (QED) is 0.409. The molecule has 1 aliphatic heterocycles. The number of benzene rings is 1. The van der Waals surface area contributed by atoms with Crippen LogP contribution in [0.4, 0.5) is 13.2 Å². The van der Waals surface area contributed by atoms with E-state index in [1.54, 1.807) is 31.6 Å². The van der Waals surface area contributed by atoms with Crippen LogP contribution in [0, 0.1) is 0 Å². The van der Waals surface area contributed by atoms with Crippen LogP contribution in [0.25, 0.3) is 0 Å². The number of nitrogens with one attached hydrogen (secondary N) is 2. The number of halogens is 3. The average Bonchev–Trinajstić information content (AvgIpc) is 3.17. The van der Waals surface area contributed by atoms with E-state index in [1.807, 2.05) is 12.1 Å². The number of rotatable bonds is 7. The van der Waals surface area contributed by atoms with Crippen LogP contribution in [0.15, 0.2) is 53.8 Å². The van der Waals surface area contributed by atoms with Gasteiger partial charge in [-0.1, -0.05) is 12.1 Å². The third kappa shape index (κ3) is 6.62. The fourth-order valence-electron chi connectivity index (χ4n) is 3.31. The summed E-state index contributed by atoms with van der Waals surface area (Å²) in [6.07, 6.45) is -0.00317. The molecule has 0 bridgehead atoms. The van der Waals surface area contributed by atoms with Crippen molar-refractivity contribution in [2.24, 2.45) is 4.99 Å². The molecule has 1 aliphatic rings. The Morgan fingerprint density at radius 1 is 1.27 bits per heavy atom. The highest BCUT2D eigenvalue weighted by Gasteiger charge is 2.30. The first-order chi connectivity index (χ1) is 14.4. The van der Waals surface area contributed by atoms with Crippen molar-refractivity contribution in [1.29, 1.82) is 0 Å². The van der Waals surface area contributed by atoms with Crippen molar-refractivity contribution in [3.8, 4) is 5.75 Å². The van der Waals surface area contributed by atoms with Crippen LogP contribution >= 0.6 is 0 Å². The van der Waals surface area contributed by atoms with Crippen molar-refractivity contribution < 1.29 is 17.9 Å². The molecule has 9 heteroatoms. The molecular weight excluding hydrogens is 395 g/mol. The molecule has 3 rings (SSSR count). The second-order valence-electron chi connectivity index (χ2n) is 7.10. The van der Waals surface area contributed by atoms with Gasteiger partial charge in [-0.25, -0.2) is 0 Å². The normalized spacial score (nSPS) is 17.7. The SMILES string of the molecule is CN=C(NCCOc1cccnc1)NC1CCN(Cc2ccc(C(F)(F)F)cc2)C1. The fraction of sp³-hybridized carbons (Fsp3) is 0.429. The zero-order chi connectivity index (χ0) is 21.4. The maximum Gasteiger partial charge on any atom is 0.416 e. The maximum atomic E-state index is 12.7. The maximum absolute atomic E-state index is 12.7. The molecule has 0 amide bonds. The number of hydrogen-bond acceptors (Lipinski definition) is 4. The first-order valence-electron chi connectivity index (χ1n) is 9.82. The van der Waals surface area contributed by atoms with Crippen molar-refractivity contribution >= 4 is 5.96 Å². The van der Waals surface area contributed by atoms with Crippen LogP contribution in [0.5, 0.6) is 5.75 Å². The molecule has 0 spiro atoms. The molecule has 6 nitrogen and oxygen atoms in total. The minimum absolute atomic E-state index is 0.227. The molecule has 0 radical (unpaired) electrons. The Kier molecular flexibility index (Phi) is 7.51.